The predicted molar refractivity (Wildman–Crippen MR) is 99.3 cm³/mol. The number of hydrogen-bond acceptors (Lipinski definition) is 3. The summed E-state index contributed by atoms with van der Waals surface area (Å²) in [5.74, 6) is 1.03. The van der Waals surface area contributed by atoms with E-state index in [0.717, 1.165) is 63.0 Å². The zero-order valence-electron chi connectivity index (χ0n) is 15.8. The molecule has 0 radical (unpaired) electrons. The summed E-state index contributed by atoms with van der Waals surface area (Å²) in [6, 6.07) is 5.91. The third-order valence-corrected chi connectivity index (χ3v) is 6.16. The fourth-order valence-electron chi connectivity index (χ4n) is 4.82. The number of piperidine rings is 1. The van der Waals surface area contributed by atoms with Crippen molar-refractivity contribution in [3.63, 3.8) is 0 Å². The van der Waals surface area contributed by atoms with E-state index in [1.165, 1.54) is 0 Å². The fourth-order valence-corrected chi connectivity index (χ4v) is 4.82. The number of nitrogens with zero attached hydrogens (tertiary/aromatic N) is 2. The summed E-state index contributed by atoms with van der Waals surface area (Å²) in [5.41, 5.74) is 1.16. The highest BCUT2D eigenvalue weighted by Gasteiger charge is 2.53. The first-order valence-electron chi connectivity index (χ1n) is 9.92. The van der Waals surface area contributed by atoms with Crippen LogP contribution in [0.25, 0.3) is 0 Å². The van der Waals surface area contributed by atoms with Gasteiger partial charge in [-0.15, -0.1) is 0 Å². The number of rotatable bonds is 2. The number of carbonyl (C=O) groups is 2. The van der Waals surface area contributed by atoms with Crippen LogP contribution in [0.15, 0.2) is 18.2 Å². The maximum absolute atomic E-state index is 13.3. The highest BCUT2D eigenvalue weighted by Crippen LogP contribution is 2.40. The molecule has 26 heavy (non-hydrogen) atoms. The summed E-state index contributed by atoms with van der Waals surface area (Å²) in [4.78, 5) is 30.4. The number of benzene rings is 1. The topological polar surface area (TPSA) is 49.9 Å². The lowest BCUT2D eigenvalue weighted by Gasteiger charge is -2.46. The van der Waals surface area contributed by atoms with Gasteiger partial charge in [-0.25, -0.2) is 0 Å². The van der Waals surface area contributed by atoms with E-state index < -0.39 is 5.54 Å². The van der Waals surface area contributed by atoms with E-state index >= 15 is 0 Å². The lowest BCUT2D eigenvalue weighted by Crippen LogP contribution is -2.62. The van der Waals surface area contributed by atoms with Crippen LogP contribution in [0.1, 0.15) is 61.9 Å². The van der Waals surface area contributed by atoms with E-state index in [1.54, 1.807) is 0 Å². The molecule has 0 aromatic heterocycles. The molecule has 1 atom stereocenters. The van der Waals surface area contributed by atoms with Crippen molar-refractivity contribution < 1.29 is 14.3 Å². The van der Waals surface area contributed by atoms with Gasteiger partial charge in [0.05, 0.1) is 6.61 Å². The Kier molecular flexibility index (Phi) is 4.41. The van der Waals surface area contributed by atoms with Crippen LogP contribution in [0.2, 0.25) is 0 Å². The number of fused-ring (bicyclic) bond motifs is 1. The molecule has 1 aromatic carbocycles. The molecule has 0 saturated carbocycles. The normalized spacial score (nSPS) is 25.6. The summed E-state index contributed by atoms with van der Waals surface area (Å²) >= 11 is 0. The van der Waals surface area contributed by atoms with E-state index in [-0.39, 0.29) is 17.9 Å². The number of ether oxygens (including phenoxy) is 1. The Bertz CT molecular complexity index is 730. The van der Waals surface area contributed by atoms with E-state index in [4.69, 9.17) is 4.74 Å². The molecule has 0 N–H and O–H groups in total. The quantitative estimate of drug-likeness (QED) is 0.818. The predicted octanol–water partition coefficient (Wildman–Crippen LogP) is 3.02. The first kappa shape index (κ1) is 17.4. The highest BCUT2D eigenvalue weighted by molar-refractivity contribution is 6.00. The van der Waals surface area contributed by atoms with Gasteiger partial charge in [-0.3, -0.25) is 9.59 Å². The van der Waals surface area contributed by atoms with Crippen molar-refractivity contribution in [2.24, 2.45) is 0 Å². The van der Waals surface area contributed by atoms with Gasteiger partial charge in [0, 0.05) is 24.7 Å². The third kappa shape index (κ3) is 2.68. The number of hydrogen-bond donors (Lipinski definition) is 0. The van der Waals surface area contributed by atoms with E-state index in [1.807, 2.05) is 28.0 Å². The summed E-state index contributed by atoms with van der Waals surface area (Å²) < 4.78 is 5.67. The van der Waals surface area contributed by atoms with Crippen LogP contribution >= 0.6 is 0 Å². The SMILES string of the molecule is CC(C)N1CCCC2(CCCN2C(=O)c2ccc3c(c2)CCCO3)C1=O. The first-order valence-corrected chi connectivity index (χ1v) is 9.92. The van der Waals surface area contributed by atoms with Gasteiger partial charge < -0.3 is 14.5 Å². The van der Waals surface area contributed by atoms with Crippen LogP contribution in [0, 0.1) is 0 Å². The van der Waals surface area contributed by atoms with Crippen LogP contribution < -0.4 is 4.74 Å². The molecule has 3 aliphatic heterocycles. The van der Waals surface area contributed by atoms with Gasteiger partial charge in [0.2, 0.25) is 5.91 Å². The summed E-state index contributed by atoms with van der Waals surface area (Å²) in [6.45, 7) is 6.33. The molecule has 2 amide bonds. The minimum absolute atomic E-state index is 0.00479. The van der Waals surface area contributed by atoms with E-state index in [2.05, 4.69) is 13.8 Å². The first-order chi connectivity index (χ1) is 12.5. The van der Waals surface area contributed by atoms with Gasteiger partial charge in [0.1, 0.15) is 11.3 Å². The standard InChI is InChI=1S/C21H28N2O3/c1-15(2)22-11-4-9-21(20(22)25)10-5-12-23(21)19(24)17-7-8-18-16(14-17)6-3-13-26-18/h7-8,14-15H,3-6,9-13H2,1-2H3. The second-order valence-corrected chi connectivity index (χ2v) is 8.06. The molecule has 3 aliphatic rings. The molecule has 140 valence electrons. The van der Waals surface area contributed by atoms with Crippen molar-refractivity contribution in [2.45, 2.75) is 64.0 Å². The molecule has 1 unspecified atom stereocenters. The van der Waals surface area contributed by atoms with Crippen molar-refractivity contribution >= 4 is 11.8 Å². The molecule has 2 fully saturated rings. The Balaban J connectivity index is 1.64. The molecule has 5 nitrogen and oxygen atoms in total. The summed E-state index contributed by atoms with van der Waals surface area (Å²) in [6.07, 6.45) is 5.37. The number of carbonyl (C=O) groups excluding carboxylic acids is 2. The average Bonchev–Trinajstić information content (AvgIpc) is 3.07. The molecule has 1 aromatic rings. The van der Waals surface area contributed by atoms with Crippen LogP contribution in [0.3, 0.4) is 0 Å². The smallest absolute Gasteiger partial charge is 0.254 e. The maximum atomic E-state index is 13.3. The lowest BCUT2D eigenvalue weighted by molar-refractivity contribution is -0.147. The van der Waals surface area contributed by atoms with Crippen molar-refractivity contribution in [1.82, 2.24) is 9.80 Å². The Morgan fingerprint density at radius 1 is 1.15 bits per heavy atom. The van der Waals surface area contributed by atoms with Crippen molar-refractivity contribution in [1.29, 1.82) is 0 Å². The number of amides is 2. The summed E-state index contributed by atoms with van der Waals surface area (Å²) in [5, 5.41) is 0. The minimum Gasteiger partial charge on any atom is -0.493 e. The maximum Gasteiger partial charge on any atom is 0.254 e. The second kappa shape index (κ2) is 6.60. The number of aryl methyl sites for hydroxylation is 1. The van der Waals surface area contributed by atoms with Gasteiger partial charge in [-0.05, 0) is 76.1 Å². The summed E-state index contributed by atoms with van der Waals surface area (Å²) in [7, 11) is 0. The molecule has 1 spiro atoms. The van der Waals surface area contributed by atoms with E-state index in [9.17, 15) is 9.59 Å². The van der Waals surface area contributed by atoms with Gasteiger partial charge in [-0.1, -0.05) is 0 Å². The van der Waals surface area contributed by atoms with Crippen LogP contribution in [-0.4, -0.2) is 52.9 Å². The zero-order valence-corrected chi connectivity index (χ0v) is 15.8. The average molecular weight is 356 g/mol. The molecule has 0 bridgehead atoms. The second-order valence-electron chi connectivity index (χ2n) is 8.06. The van der Waals surface area contributed by atoms with Crippen LogP contribution in [0.5, 0.6) is 5.75 Å². The monoisotopic (exact) mass is 356 g/mol. The van der Waals surface area contributed by atoms with Crippen molar-refractivity contribution in [3.8, 4) is 5.75 Å². The van der Waals surface area contributed by atoms with Gasteiger partial charge in [-0.2, -0.15) is 0 Å². The molecule has 2 saturated heterocycles. The highest BCUT2D eigenvalue weighted by atomic mass is 16.5. The van der Waals surface area contributed by atoms with Gasteiger partial charge in [0.25, 0.3) is 5.91 Å². The van der Waals surface area contributed by atoms with Crippen LogP contribution in [-0.2, 0) is 11.2 Å². The van der Waals surface area contributed by atoms with Crippen molar-refractivity contribution in [3.05, 3.63) is 29.3 Å². The molecule has 5 heteroatoms. The Labute approximate surface area is 155 Å². The molecular weight excluding hydrogens is 328 g/mol. The Morgan fingerprint density at radius 2 is 1.92 bits per heavy atom. The Morgan fingerprint density at radius 3 is 2.69 bits per heavy atom. The fraction of sp³-hybridized carbons (Fsp3) is 0.619. The van der Waals surface area contributed by atoms with Gasteiger partial charge in [0.15, 0.2) is 0 Å². The molecule has 0 aliphatic carbocycles. The third-order valence-electron chi connectivity index (χ3n) is 6.16. The minimum atomic E-state index is -0.633. The zero-order chi connectivity index (χ0) is 18.3. The number of likely N-dealkylation sites (tertiary alicyclic amines) is 2. The van der Waals surface area contributed by atoms with Crippen LogP contribution in [0.4, 0.5) is 0 Å². The molecule has 3 heterocycles. The Hall–Kier alpha value is -2.04. The molecule has 4 rings (SSSR count). The van der Waals surface area contributed by atoms with Gasteiger partial charge >= 0.3 is 0 Å². The molecular formula is C21H28N2O3. The lowest BCUT2D eigenvalue weighted by atomic mass is 9.84. The van der Waals surface area contributed by atoms with Crippen molar-refractivity contribution in [2.75, 3.05) is 19.7 Å². The van der Waals surface area contributed by atoms with E-state index in [0.29, 0.717) is 12.1 Å². The largest absolute Gasteiger partial charge is 0.493 e.